The van der Waals surface area contributed by atoms with Crippen LogP contribution in [0.25, 0.3) is 0 Å². The van der Waals surface area contributed by atoms with Gasteiger partial charge >= 0.3 is 0 Å². The average Bonchev–Trinajstić information content (AvgIpc) is 2.39. The van der Waals surface area contributed by atoms with Crippen molar-refractivity contribution >= 4 is 11.8 Å². The summed E-state index contributed by atoms with van der Waals surface area (Å²) in [5, 5.41) is 9.44. The van der Waals surface area contributed by atoms with Crippen LogP contribution in [0.4, 0.5) is 0 Å². The first-order valence-corrected chi connectivity index (χ1v) is 7.60. The molecule has 0 amide bonds. The Bertz CT molecular complexity index is 553. The van der Waals surface area contributed by atoms with E-state index in [9.17, 15) is 5.11 Å². The van der Waals surface area contributed by atoms with Crippen LogP contribution in [0.15, 0.2) is 52.4 Å². The Morgan fingerprint density at radius 2 is 1.60 bits per heavy atom. The summed E-state index contributed by atoms with van der Waals surface area (Å²) in [6.07, 6.45) is 1.30. The minimum atomic E-state index is -0.514. The molecule has 0 saturated heterocycles. The van der Waals surface area contributed by atoms with Gasteiger partial charge in [0.1, 0.15) is 0 Å². The molecule has 0 radical (unpaired) electrons. The number of aromatic nitrogens is 1. The fourth-order valence-corrected chi connectivity index (χ4v) is 2.64. The molecule has 1 atom stereocenters. The molecular formula is C17H21NOS. The third-order valence-electron chi connectivity index (χ3n) is 3.14. The van der Waals surface area contributed by atoms with Crippen molar-refractivity contribution in [2.45, 2.75) is 49.0 Å². The zero-order chi connectivity index (χ0) is 14.8. The quantitative estimate of drug-likeness (QED) is 0.896. The zero-order valence-corrected chi connectivity index (χ0v) is 13.2. The summed E-state index contributed by atoms with van der Waals surface area (Å²) in [6.45, 7) is 8.37. The van der Waals surface area contributed by atoms with Crippen LogP contribution in [0.2, 0.25) is 0 Å². The molecule has 1 aromatic heterocycles. The lowest BCUT2D eigenvalue weighted by Crippen LogP contribution is -2.10. The predicted octanol–water partition coefficient (Wildman–Crippen LogP) is 4.58. The van der Waals surface area contributed by atoms with Crippen LogP contribution in [0, 0.1) is 0 Å². The van der Waals surface area contributed by atoms with Crippen molar-refractivity contribution in [3.05, 3.63) is 53.9 Å². The van der Waals surface area contributed by atoms with Crippen LogP contribution >= 0.6 is 11.8 Å². The van der Waals surface area contributed by atoms with E-state index >= 15 is 0 Å². The lowest BCUT2D eigenvalue weighted by molar-refractivity contribution is 0.194. The van der Waals surface area contributed by atoms with Crippen LogP contribution in [-0.2, 0) is 5.41 Å². The van der Waals surface area contributed by atoms with Gasteiger partial charge in [0.05, 0.1) is 11.8 Å². The Balaban J connectivity index is 2.10. The molecule has 20 heavy (non-hydrogen) atoms. The lowest BCUT2D eigenvalue weighted by Gasteiger charge is -2.19. The first-order valence-electron chi connectivity index (χ1n) is 6.79. The first-order chi connectivity index (χ1) is 9.36. The highest BCUT2D eigenvalue weighted by Crippen LogP contribution is 2.30. The number of aliphatic hydroxyl groups excluding tert-OH is 1. The van der Waals surface area contributed by atoms with Crippen molar-refractivity contribution in [2.24, 2.45) is 0 Å². The van der Waals surface area contributed by atoms with Crippen LogP contribution in [-0.4, -0.2) is 10.1 Å². The summed E-state index contributed by atoms with van der Waals surface area (Å²) < 4.78 is 0. The van der Waals surface area contributed by atoms with E-state index in [1.165, 1.54) is 10.5 Å². The summed E-state index contributed by atoms with van der Waals surface area (Å²) in [4.78, 5) is 6.54. The van der Waals surface area contributed by atoms with Gasteiger partial charge in [-0.15, -0.1) is 0 Å². The number of rotatable bonds is 3. The first kappa shape index (κ1) is 15.1. The Morgan fingerprint density at radius 3 is 2.05 bits per heavy atom. The molecule has 1 heterocycles. The number of aliphatic hydroxyl groups is 1. The van der Waals surface area contributed by atoms with Gasteiger partial charge in [-0.2, -0.15) is 0 Å². The predicted molar refractivity (Wildman–Crippen MR) is 84.1 cm³/mol. The molecule has 2 aromatic rings. The third-order valence-corrected chi connectivity index (χ3v) is 4.13. The number of hydrogen-bond acceptors (Lipinski definition) is 3. The minimum Gasteiger partial charge on any atom is -0.387 e. The molecule has 0 fully saturated rings. The molecule has 0 aliphatic rings. The topological polar surface area (TPSA) is 33.1 Å². The fraction of sp³-hybridized carbons (Fsp3) is 0.353. The van der Waals surface area contributed by atoms with E-state index in [1.807, 2.05) is 18.3 Å². The SMILES string of the molecule is C[C@@H](O)c1ccc(Sc2ccc(C(C)(C)C)cc2)cn1. The number of nitrogens with zero attached hydrogens (tertiary/aromatic N) is 1. The largest absolute Gasteiger partial charge is 0.387 e. The van der Waals surface area contributed by atoms with Gasteiger partial charge in [0.25, 0.3) is 0 Å². The van der Waals surface area contributed by atoms with E-state index in [4.69, 9.17) is 0 Å². The molecule has 1 aromatic carbocycles. The summed E-state index contributed by atoms with van der Waals surface area (Å²) in [5.41, 5.74) is 2.23. The molecule has 0 saturated carbocycles. The molecule has 0 aliphatic heterocycles. The summed E-state index contributed by atoms with van der Waals surface area (Å²) in [7, 11) is 0. The van der Waals surface area contributed by atoms with Crippen molar-refractivity contribution in [2.75, 3.05) is 0 Å². The van der Waals surface area contributed by atoms with Crippen molar-refractivity contribution in [1.29, 1.82) is 0 Å². The second-order valence-electron chi connectivity index (χ2n) is 5.97. The second kappa shape index (κ2) is 5.98. The van der Waals surface area contributed by atoms with Gasteiger partial charge in [-0.05, 0) is 42.2 Å². The molecule has 0 spiro atoms. The van der Waals surface area contributed by atoms with Crippen LogP contribution in [0.5, 0.6) is 0 Å². The van der Waals surface area contributed by atoms with E-state index in [0.717, 1.165) is 4.90 Å². The standard InChI is InChI=1S/C17H21NOS/c1-12(19)16-10-9-15(11-18-16)20-14-7-5-13(6-8-14)17(2,3)4/h5-12,19H,1-4H3/t12-/m1/s1. The zero-order valence-electron chi connectivity index (χ0n) is 12.4. The van der Waals surface area contributed by atoms with Gasteiger partial charge < -0.3 is 5.11 Å². The monoisotopic (exact) mass is 287 g/mol. The highest BCUT2D eigenvalue weighted by Gasteiger charge is 2.13. The highest BCUT2D eigenvalue weighted by molar-refractivity contribution is 7.99. The second-order valence-corrected chi connectivity index (χ2v) is 7.12. The van der Waals surface area contributed by atoms with Crippen LogP contribution in [0.1, 0.15) is 45.1 Å². The minimum absolute atomic E-state index is 0.184. The Hall–Kier alpha value is -1.32. The third kappa shape index (κ3) is 3.84. The van der Waals surface area contributed by atoms with Gasteiger partial charge in [0, 0.05) is 16.0 Å². The van der Waals surface area contributed by atoms with E-state index in [2.05, 4.69) is 50.0 Å². The van der Waals surface area contributed by atoms with Gasteiger partial charge in [-0.25, -0.2) is 0 Å². The number of benzene rings is 1. The molecule has 2 nitrogen and oxygen atoms in total. The maximum atomic E-state index is 9.44. The average molecular weight is 287 g/mol. The summed E-state index contributed by atoms with van der Waals surface area (Å²) >= 11 is 1.68. The maximum absolute atomic E-state index is 9.44. The molecule has 106 valence electrons. The molecule has 3 heteroatoms. The Kier molecular flexibility index (Phi) is 4.51. The number of pyridine rings is 1. The van der Waals surface area contributed by atoms with Crippen molar-refractivity contribution in [1.82, 2.24) is 4.98 Å². The lowest BCUT2D eigenvalue weighted by atomic mass is 9.87. The van der Waals surface area contributed by atoms with Crippen LogP contribution in [0.3, 0.4) is 0 Å². The normalized spacial score (nSPS) is 13.2. The van der Waals surface area contributed by atoms with Gasteiger partial charge in [-0.1, -0.05) is 44.7 Å². The Morgan fingerprint density at radius 1 is 1.00 bits per heavy atom. The molecule has 1 N–H and O–H groups in total. The highest BCUT2D eigenvalue weighted by atomic mass is 32.2. The van der Waals surface area contributed by atoms with Crippen molar-refractivity contribution in [3.8, 4) is 0 Å². The van der Waals surface area contributed by atoms with E-state index in [1.54, 1.807) is 18.7 Å². The van der Waals surface area contributed by atoms with E-state index < -0.39 is 6.10 Å². The van der Waals surface area contributed by atoms with Gasteiger partial charge in [0.2, 0.25) is 0 Å². The summed E-state index contributed by atoms with van der Waals surface area (Å²) in [5.74, 6) is 0. The smallest absolute Gasteiger partial charge is 0.0931 e. The molecule has 0 aliphatic carbocycles. The molecule has 2 rings (SSSR count). The van der Waals surface area contributed by atoms with Gasteiger partial charge in [-0.3, -0.25) is 4.98 Å². The molecule has 0 bridgehead atoms. The fourth-order valence-electron chi connectivity index (χ4n) is 1.86. The van der Waals surface area contributed by atoms with E-state index in [0.29, 0.717) is 5.69 Å². The van der Waals surface area contributed by atoms with Crippen molar-refractivity contribution in [3.63, 3.8) is 0 Å². The number of hydrogen-bond donors (Lipinski definition) is 1. The van der Waals surface area contributed by atoms with Crippen molar-refractivity contribution < 1.29 is 5.11 Å². The Labute approximate surface area is 125 Å². The van der Waals surface area contributed by atoms with Gasteiger partial charge in [0.15, 0.2) is 0 Å². The maximum Gasteiger partial charge on any atom is 0.0931 e. The van der Waals surface area contributed by atoms with Crippen LogP contribution < -0.4 is 0 Å². The summed E-state index contributed by atoms with van der Waals surface area (Å²) in [6, 6.07) is 12.5. The molecular weight excluding hydrogens is 266 g/mol. The molecule has 0 unspecified atom stereocenters. The van der Waals surface area contributed by atoms with E-state index in [-0.39, 0.29) is 5.41 Å².